The van der Waals surface area contributed by atoms with Crippen molar-refractivity contribution in [2.24, 2.45) is 0 Å². The maximum Gasteiger partial charge on any atom is 0.138 e. The molecule has 0 saturated heterocycles. The lowest BCUT2D eigenvalue weighted by Crippen LogP contribution is -2.29. The molecule has 3 heteroatoms. The molecule has 40 heavy (non-hydrogen) atoms. The molecule has 0 amide bonds. The second-order valence-electron chi connectivity index (χ2n) is 9.99. The summed E-state index contributed by atoms with van der Waals surface area (Å²) < 4.78 is 2.50. The third-order valence-corrected chi connectivity index (χ3v) is 14.7. The normalized spacial score (nSPS) is 11.7. The molecule has 198 valence electrons. The summed E-state index contributed by atoms with van der Waals surface area (Å²) in [4.78, 5) is 2.46. The van der Waals surface area contributed by atoms with Crippen LogP contribution < -0.4 is 0 Å². The Bertz CT molecular complexity index is 1690. The van der Waals surface area contributed by atoms with E-state index in [2.05, 4.69) is 141 Å². The van der Waals surface area contributed by atoms with Gasteiger partial charge < -0.3 is 0 Å². The van der Waals surface area contributed by atoms with Gasteiger partial charge >= 0.3 is 0 Å². The highest BCUT2D eigenvalue weighted by molar-refractivity contribution is 7.22. The third kappa shape index (κ3) is 5.94. The van der Waals surface area contributed by atoms with Crippen LogP contribution in [-0.2, 0) is 0 Å². The Hall–Kier alpha value is -3.60. The van der Waals surface area contributed by atoms with E-state index in [0.717, 1.165) is 5.56 Å². The summed E-state index contributed by atoms with van der Waals surface area (Å²) in [5, 5.41) is 2.46. The maximum absolute atomic E-state index is 3.90. The Kier molecular flexibility index (Phi) is 8.88. The van der Waals surface area contributed by atoms with Crippen molar-refractivity contribution in [3.05, 3.63) is 105 Å². The fraction of sp³-hybridized carbons (Fsp3) is 0.189. The van der Waals surface area contributed by atoms with E-state index in [1.807, 2.05) is 29.6 Å². The standard InChI is InChI=1S/C37H34S2Si/c1-5-15-32-34-26-30(22-20-28-16-11-9-12-17-28)39-37(34)33(24-25-40(6-2,7-3)8-4)35-27-31(38-36(32)35)23-21-29-18-13-10-14-19-29/h9-14,16-23,26-27H,6-8H2,1-4H3/b22-20+,23-21+. The topological polar surface area (TPSA) is 0 Å². The molecule has 0 aliphatic heterocycles. The van der Waals surface area contributed by atoms with Gasteiger partial charge in [0.15, 0.2) is 0 Å². The second-order valence-corrected chi connectivity index (χ2v) is 17.1. The van der Waals surface area contributed by atoms with Crippen molar-refractivity contribution in [2.45, 2.75) is 45.8 Å². The third-order valence-electron chi connectivity index (χ3n) is 7.71. The summed E-state index contributed by atoms with van der Waals surface area (Å²) in [5.74, 6) is 10.5. The highest BCUT2D eigenvalue weighted by atomic mass is 32.1. The summed E-state index contributed by atoms with van der Waals surface area (Å²) in [7, 11) is -1.62. The molecule has 0 N–H and O–H groups in total. The predicted octanol–water partition coefficient (Wildman–Crippen LogP) is 11.2. The lowest BCUT2D eigenvalue weighted by atomic mass is 10.0. The van der Waals surface area contributed by atoms with Crippen molar-refractivity contribution in [3.8, 4) is 23.3 Å². The Balaban J connectivity index is 1.73. The minimum absolute atomic E-state index is 1.13. The quantitative estimate of drug-likeness (QED) is 0.135. The van der Waals surface area contributed by atoms with Gasteiger partial charge in [-0.05, 0) is 60.5 Å². The zero-order valence-electron chi connectivity index (χ0n) is 23.7. The number of fused-ring (bicyclic) bond motifs is 2. The molecule has 0 aliphatic carbocycles. The van der Waals surface area contributed by atoms with Gasteiger partial charge in [0.25, 0.3) is 0 Å². The molecular weight excluding hydrogens is 537 g/mol. The Morgan fingerprint density at radius 3 is 1.50 bits per heavy atom. The molecular formula is C37H34S2Si. The van der Waals surface area contributed by atoms with Crippen LogP contribution in [0.3, 0.4) is 0 Å². The van der Waals surface area contributed by atoms with Crippen LogP contribution in [0.15, 0.2) is 72.8 Å². The van der Waals surface area contributed by atoms with Gasteiger partial charge in [-0.3, -0.25) is 0 Å². The van der Waals surface area contributed by atoms with Crippen molar-refractivity contribution < 1.29 is 0 Å². The number of hydrogen-bond acceptors (Lipinski definition) is 2. The summed E-state index contributed by atoms with van der Waals surface area (Å²) in [6.45, 7) is 8.91. The van der Waals surface area contributed by atoms with Gasteiger partial charge in [0.1, 0.15) is 8.07 Å². The summed E-state index contributed by atoms with van der Waals surface area (Å²) in [6.07, 6.45) is 8.84. The molecule has 0 bridgehead atoms. The first-order valence-electron chi connectivity index (χ1n) is 14.0. The molecule has 2 aromatic heterocycles. The highest BCUT2D eigenvalue weighted by Gasteiger charge is 2.25. The number of rotatable bonds is 7. The molecule has 0 fully saturated rings. The molecule has 5 aromatic rings. The largest absolute Gasteiger partial charge is 0.138 e. The van der Waals surface area contributed by atoms with Crippen molar-refractivity contribution in [1.82, 2.24) is 0 Å². The van der Waals surface area contributed by atoms with Crippen LogP contribution in [0.25, 0.3) is 44.5 Å². The molecule has 2 heterocycles. The Labute approximate surface area is 248 Å². The van der Waals surface area contributed by atoms with Crippen molar-refractivity contribution >= 4 is 75.2 Å². The molecule has 5 rings (SSSR count). The summed E-state index contributed by atoms with van der Waals surface area (Å²) in [6, 6.07) is 29.2. The van der Waals surface area contributed by atoms with Gasteiger partial charge in [0, 0.05) is 20.5 Å². The molecule has 0 saturated carbocycles. The first-order chi connectivity index (χ1) is 19.6. The van der Waals surface area contributed by atoms with Crippen molar-refractivity contribution in [1.29, 1.82) is 0 Å². The van der Waals surface area contributed by atoms with Crippen molar-refractivity contribution in [2.75, 3.05) is 0 Å². The molecule has 0 aliphatic rings. The molecule has 0 spiro atoms. The number of benzene rings is 3. The fourth-order valence-electron chi connectivity index (χ4n) is 5.04. The number of thiophene rings is 2. The first-order valence-corrected chi connectivity index (χ1v) is 18.3. The van der Waals surface area contributed by atoms with Gasteiger partial charge in [0.2, 0.25) is 0 Å². The number of hydrogen-bond donors (Lipinski definition) is 0. The van der Waals surface area contributed by atoms with E-state index < -0.39 is 8.07 Å². The van der Waals surface area contributed by atoms with Gasteiger partial charge in [-0.2, -0.15) is 0 Å². The first kappa shape index (κ1) is 27.9. The SMILES string of the molecule is CC#Cc1c2cc(/C=C/c3ccccc3)sc2c(C#C[Si](CC)(CC)CC)c2cc(/C=C/c3ccccc3)sc12. The molecule has 3 aromatic carbocycles. The highest BCUT2D eigenvalue weighted by Crippen LogP contribution is 2.42. The second kappa shape index (κ2) is 12.7. The minimum Gasteiger partial charge on any atom is -0.134 e. The van der Waals surface area contributed by atoms with Gasteiger partial charge in [-0.25, -0.2) is 0 Å². The van der Waals surface area contributed by atoms with Gasteiger partial charge in [0.05, 0.1) is 20.5 Å². The van der Waals surface area contributed by atoms with Crippen molar-refractivity contribution in [3.63, 3.8) is 0 Å². The van der Waals surface area contributed by atoms with Crippen LogP contribution >= 0.6 is 22.7 Å². The summed E-state index contributed by atoms with van der Waals surface area (Å²) >= 11 is 3.66. The van der Waals surface area contributed by atoms with Crippen LogP contribution in [0.2, 0.25) is 18.1 Å². The minimum atomic E-state index is -1.62. The van der Waals surface area contributed by atoms with Crippen LogP contribution in [0.4, 0.5) is 0 Å². The van der Waals surface area contributed by atoms with E-state index in [4.69, 9.17) is 0 Å². The van der Waals surface area contributed by atoms with Crippen LogP contribution in [0.5, 0.6) is 0 Å². The lowest BCUT2D eigenvalue weighted by molar-refractivity contribution is 1.20. The molecule has 0 unspecified atom stereocenters. The maximum atomic E-state index is 3.90. The van der Waals surface area contributed by atoms with E-state index in [9.17, 15) is 0 Å². The van der Waals surface area contributed by atoms with E-state index >= 15 is 0 Å². The van der Waals surface area contributed by atoms with Gasteiger partial charge in [-0.1, -0.05) is 105 Å². The average Bonchev–Trinajstić information content (AvgIpc) is 3.63. The zero-order chi connectivity index (χ0) is 28.0. The van der Waals surface area contributed by atoms with E-state index in [1.54, 1.807) is 0 Å². The monoisotopic (exact) mass is 570 g/mol. The fourth-order valence-corrected chi connectivity index (χ4v) is 9.63. The zero-order valence-corrected chi connectivity index (χ0v) is 26.3. The molecule has 0 radical (unpaired) electrons. The smallest absolute Gasteiger partial charge is 0.134 e. The van der Waals surface area contributed by atoms with E-state index in [1.165, 1.54) is 64.7 Å². The average molecular weight is 571 g/mol. The Morgan fingerprint density at radius 1 is 0.625 bits per heavy atom. The van der Waals surface area contributed by atoms with Crippen LogP contribution in [-0.4, -0.2) is 8.07 Å². The molecule has 0 nitrogen and oxygen atoms in total. The van der Waals surface area contributed by atoms with E-state index in [0.29, 0.717) is 0 Å². The molecule has 0 atom stereocenters. The predicted molar refractivity (Wildman–Crippen MR) is 185 cm³/mol. The van der Waals surface area contributed by atoms with E-state index in [-0.39, 0.29) is 0 Å². The van der Waals surface area contributed by atoms with Crippen LogP contribution in [0, 0.1) is 23.3 Å². The van der Waals surface area contributed by atoms with Crippen LogP contribution in [0.1, 0.15) is 59.7 Å². The Morgan fingerprint density at radius 2 is 1.07 bits per heavy atom. The van der Waals surface area contributed by atoms with Gasteiger partial charge in [-0.15, -0.1) is 34.1 Å². The summed E-state index contributed by atoms with van der Waals surface area (Å²) in [5.41, 5.74) is 8.61. The lowest BCUT2D eigenvalue weighted by Gasteiger charge is -2.20.